The van der Waals surface area contributed by atoms with E-state index in [2.05, 4.69) is 25.8 Å². The van der Waals surface area contributed by atoms with Crippen molar-refractivity contribution in [3.63, 3.8) is 0 Å². The molecule has 0 aliphatic carbocycles. The van der Waals surface area contributed by atoms with E-state index in [0.717, 1.165) is 11.8 Å². The predicted molar refractivity (Wildman–Crippen MR) is 54.3 cm³/mol. The van der Waals surface area contributed by atoms with Crippen molar-refractivity contribution in [3.8, 4) is 0 Å². The fraction of sp³-hybridized carbons (Fsp3) is 1.00. The Hall–Kier alpha value is -0.0400. The molecule has 1 atom stereocenters. The lowest BCUT2D eigenvalue weighted by atomic mass is 9.85. The first-order valence-electron chi connectivity index (χ1n) is 5.44. The molecule has 1 fully saturated rings. The van der Waals surface area contributed by atoms with E-state index in [9.17, 15) is 0 Å². The first-order chi connectivity index (χ1) is 5.76. The average Bonchev–Trinajstić information content (AvgIpc) is 2.00. The minimum Gasteiger partial charge on any atom is -0.306 e. The van der Waals surface area contributed by atoms with Gasteiger partial charge in [-0.15, -0.1) is 0 Å². The van der Waals surface area contributed by atoms with Crippen LogP contribution < -0.4 is 0 Å². The summed E-state index contributed by atoms with van der Waals surface area (Å²) >= 11 is 0. The van der Waals surface area contributed by atoms with Gasteiger partial charge in [0.25, 0.3) is 0 Å². The first-order valence-corrected chi connectivity index (χ1v) is 5.44. The molecule has 1 heterocycles. The van der Waals surface area contributed by atoms with Gasteiger partial charge in [0.05, 0.1) is 0 Å². The van der Waals surface area contributed by atoms with Crippen molar-refractivity contribution < 1.29 is 0 Å². The summed E-state index contributed by atoms with van der Waals surface area (Å²) in [6.07, 6.45) is 5.67. The van der Waals surface area contributed by atoms with Gasteiger partial charge in [-0.3, -0.25) is 0 Å². The highest BCUT2D eigenvalue weighted by atomic mass is 15.2. The monoisotopic (exact) mass is 169 g/mol. The van der Waals surface area contributed by atoms with Crippen molar-refractivity contribution in [2.45, 2.75) is 39.5 Å². The zero-order valence-electron chi connectivity index (χ0n) is 8.84. The second kappa shape index (κ2) is 4.86. The summed E-state index contributed by atoms with van der Waals surface area (Å²) in [5.41, 5.74) is 0. The maximum Gasteiger partial charge on any atom is 0.00191 e. The summed E-state index contributed by atoms with van der Waals surface area (Å²) in [7, 11) is 2.22. The van der Waals surface area contributed by atoms with Crippen molar-refractivity contribution in [3.05, 3.63) is 0 Å². The predicted octanol–water partition coefficient (Wildman–Crippen LogP) is 2.76. The van der Waals surface area contributed by atoms with Crippen molar-refractivity contribution in [2.24, 2.45) is 11.8 Å². The van der Waals surface area contributed by atoms with Crippen LogP contribution >= 0.6 is 0 Å². The van der Waals surface area contributed by atoms with E-state index < -0.39 is 0 Å². The molecule has 0 amide bonds. The molecule has 1 heteroatoms. The minimum atomic E-state index is 1.01. The zero-order chi connectivity index (χ0) is 8.97. The van der Waals surface area contributed by atoms with Crippen molar-refractivity contribution in [1.29, 1.82) is 0 Å². The minimum absolute atomic E-state index is 1.01. The lowest BCUT2D eigenvalue weighted by Crippen LogP contribution is -2.44. The Bertz CT molecular complexity index is 116. The normalized spacial score (nSPS) is 22.2. The van der Waals surface area contributed by atoms with Gasteiger partial charge in [-0.25, -0.2) is 0 Å². The molecular formula is C11H23N. The molecule has 0 saturated carbocycles. The van der Waals surface area contributed by atoms with Gasteiger partial charge >= 0.3 is 0 Å². The zero-order valence-corrected chi connectivity index (χ0v) is 8.84. The Balaban J connectivity index is 2.10. The van der Waals surface area contributed by atoms with Crippen LogP contribution in [0.1, 0.15) is 39.5 Å². The maximum atomic E-state index is 2.42. The molecule has 0 bridgehead atoms. The van der Waals surface area contributed by atoms with Crippen molar-refractivity contribution >= 4 is 0 Å². The topological polar surface area (TPSA) is 3.24 Å². The highest BCUT2D eigenvalue weighted by Gasteiger charge is 2.24. The van der Waals surface area contributed by atoms with Gasteiger partial charge in [0.2, 0.25) is 0 Å². The van der Waals surface area contributed by atoms with Crippen LogP contribution in [-0.2, 0) is 0 Å². The van der Waals surface area contributed by atoms with E-state index >= 15 is 0 Å². The SMILES string of the molecule is CCCC(CC)CC1CN(C)C1. The standard InChI is InChI=1S/C11H23N/c1-4-6-10(5-2)7-11-8-12(3)9-11/h10-11H,4-9H2,1-3H3. The summed E-state index contributed by atoms with van der Waals surface area (Å²) in [5, 5.41) is 0. The smallest absolute Gasteiger partial charge is 0.00191 e. The number of rotatable bonds is 5. The van der Waals surface area contributed by atoms with Gasteiger partial charge in [-0.05, 0) is 25.3 Å². The molecule has 1 unspecified atom stereocenters. The largest absolute Gasteiger partial charge is 0.306 e. The third kappa shape index (κ3) is 2.78. The lowest BCUT2D eigenvalue weighted by molar-refractivity contribution is 0.108. The molecule has 1 aliphatic heterocycles. The third-order valence-electron chi connectivity index (χ3n) is 3.08. The highest BCUT2D eigenvalue weighted by molar-refractivity contribution is 4.78. The highest BCUT2D eigenvalue weighted by Crippen LogP contribution is 2.26. The molecule has 1 saturated heterocycles. The van der Waals surface area contributed by atoms with Gasteiger partial charge in [0, 0.05) is 13.1 Å². The van der Waals surface area contributed by atoms with Gasteiger partial charge in [0.15, 0.2) is 0 Å². The summed E-state index contributed by atoms with van der Waals surface area (Å²) in [6, 6.07) is 0. The van der Waals surface area contributed by atoms with E-state index in [1.807, 2.05) is 0 Å². The third-order valence-corrected chi connectivity index (χ3v) is 3.08. The Kier molecular flexibility index (Phi) is 4.07. The number of hydrogen-bond acceptors (Lipinski definition) is 1. The summed E-state index contributed by atoms with van der Waals surface area (Å²) in [4.78, 5) is 2.42. The Morgan fingerprint density at radius 2 is 2.00 bits per heavy atom. The van der Waals surface area contributed by atoms with Gasteiger partial charge < -0.3 is 4.90 Å². The molecular weight excluding hydrogens is 146 g/mol. The van der Waals surface area contributed by atoms with Crippen LogP contribution in [0.5, 0.6) is 0 Å². The van der Waals surface area contributed by atoms with E-state index in [4.69, 9.17) is 0 Å². The Morgan fingerprint density at radius 3 is 2.42 bits per heavy atom. The molecule has 1 nitrogen and oxygen atoms in total. The van der Waals surface area contributed by atoms with E-state index in [0.29, 0.717) is 0 Å². The fourth-order valence-corrected chi connectivity index (χ4v) is 2.35. The average molecular weight is 169 g/mol. The van der Waals surface area contributed by atoms with Crippen LogP contribution in [0.3, 0.4) is 0 Å². The molecule has 1 rings (SSSR count). The van der Waals surface area contributed by atoms with Crippen LogP contribution in [-0.4, -0.2) is 25.0 Å². The number of hydrogen-bond donors (Lipinski definition) is 0. The molecule has 0 spiro atoms. The quantitative estimate of drug-likeness (QED) is 0.611. The second-order valence-electron chi connectivity index (χ2n) is 4.39. The molecule has 0 aromatic heterocycles. The number of nitrogens with zero attached hydrogens (tertiary/aromatic N) is 1. The molecule has 0 radical (unpaired) electrons. The maximum absolute atomic E-state index is 2.42. The summed E-state index contributed by atoms with van der Waals surface area (Å²) in [6.45, 7) is 7.33. The van der Waals surface area contributed by atoms with Gasteiger partial charge in [-0.2, -0.15) is 0 Å². The van der Waals surface area contributed by atoms with Crippen LogP contribution in [0.2, 0.25) is 0 Å². The molecule has 0 aromatic carbocycles. The van der Waals surface area contributed by atoms with Crippen molar-refractivity contribution in [2.75, 3.05) is 20.1 Å². The molecule has 0 N–H and O–H groups in total. The Morgan fingerprint density at radius 1 is 1.33 bits per heavy atom. The van der Waals surface area contributed by atoms with E-state index in [-0.39, 0.29) is 0 Å². The van der Waals surface area contributed by atoms with E-state index in [1.165, 1.54) is 38.8 Å². The van der Waals surface area contributed by atoms with Gasteiger partial charge in [0.1, 0.15) is 0 Å². The van der Waals surface area contributed by atoms with Gasteiger partial charge in [-0.1, -0.05) is 33.1 Å². The summed E-state index contributed by atoms with van der Waals surface area (Å²) in [5.74, 6) is 2.03. The van der Waals surface area contributed by atoms with Crippen LogP contribution in [0, 0.1) is 11.8 Å². The second-order valence-corrected chi connectivity index (χ2v) is 4.39. The molecule has 72 valence electrons. The van der Waals surface area contributed by atoms with Crippen LogP contribution in [0.15, 0.2) is 0 Å². The summed E-state index contributed by atoms with van der Waals surface area (Å²) < 4.78 is 0. The molecule has 12 heavy (non-hydrogen) atoms. The number of likely N-dealkylation sites (tertiary alicyclic amines) is 1. The van der Waals surface area contributed by atoms with Crippen LogP contribution in [0.25, 0.3) is 0 Å². The van der Waals surface area contributed by atoms with E-state index in [1.54, 1.807) is 0 Å². The fourth-order valence-electron chi connectivity index (χ4n) is 2.35. The first kappa shape index (κ1) is 10.0. The molecule has 0 aromatic rings. The van der Waals surface area contributed by atoms with Crippen molar-refractivity contribution in [1.82, 2.24) is 4.90 Å². The lowest BCUT2D eigenvalue weighted by Gasteiger charge is -2.38. The molecule has 1 aliphatic rings. The van der Waals surface area contributed by atoms with Crippen LogP contribution in [0.4, 0.5) is 0 Å². The Labute approximate surface area is 77.1 Å².